The van der Waals surface area contributed by atoms with Gasteiger partial charge in [-0.2, -0.15) is 0 Å². The highest BCUT2D eigenvalue weighted by Crippen LogP contribution is 2.19. The number of rotatable bonds is 4. The van der Waals surface area contributed by atoms with Crippen LogP contribution in [0, 0.1) is 0 Å². The fraction of sp³-hybridized carbons (Fsp3) is 0.176. The zero-order valence-electron chi connectivity index (χ0n) is 12.0. The molecule has 1 aromatic carbocycles. The molecule has 112 valence electrons. The second-order valence-electron chi connectivity index (χ2n) is 5.05. The van der Waals surface area contributed by atoms with E-state index in [1.54, 1.807) is 17.3 Å². The first-order chi connectivity index (χ1) is 10.7. The van der Waals surface area contributed by atoms with E-state index in [1.807, 2.05) is 53.5 Å². The molecule has 0 bridgehead atoms. The van der Waals surface area contributed by atoms with Crippen LogP contribution >= 0.6 is 11.6 Å². The lowest BCUT2D eigenvalue weighted by Crippen LogP contribution is -2.31. The molecular weight excluding hydrogens is 298 g/mol. The third-order valence-electron chi connectivity index (χ3n) is 3.56. The Morgan fingerprint density at radius 3 is 2.73 bits per heavy atom. The predicted octanol–water partition coefficient (Wildman–Crippen LogP) is 3.69. The molecule has 0 unspecified atom stereocenters. The number of aromatic nitrogens is 1. The topological polar surface area (TPSA) is 36.4 Å². The van der Waals surface area contributed by atoms with Gasteiger partial charge in [-0.1, -0.05) is 35.9 Å². The molecule has 0 radical (unpaired) electrons. The van der Waals surface area contributed by atoms with Crippen LogP contribution in [0.2, 0.25) is 5.02 Å². The highest BCUT2D eigenvalue weighted by Gasteiger charge is 2.28. The van der Waals surface area contributed by atoms with Crippen LogP contribution in [0.4, 0.5) is 10.5 Å². The molecule has 3 rings (SSSR count). The van der Waals surface area contributed by atoms with Gasteiger partial charge in [0, 0.05) is 30.9 Å². The van der Waals surface area contributed by atoms with Crippen molar-refractivity contribution in [3.05, 3.63) is 65.5 Å². The van der Waals surface area contributed by atoms with Crippen molar-refractivity contribution in [1.29, 1.82) is 0 Å². The maximum absolute atomic E-state index is 12.4. The number of hydrogen-bond acceptors (Lipinski definition) is 2. The van der Waals surface area contributed by atoms with E-state index >= 15 is 0 Å². The quantitative estimate of drug-likeness (QED) is 0.863. The van der Waals surface area contributed by atoms with Gasteiger partial charge in [0.2, 0.25) is 0 Å². The molecule has 1 aliphatic rings. The monoisotopic (exact) mass is 313 g/mol. The summed E-state index contributed by atoms with van der Waals surface area (Å²) in [6.07, 6.45) is 7.41. The Bertz CT molecular complexity index is 670. The molecule has 0 N–H and O–H groups in total. The summed E-state index contributed by atoms with van der Waals surface area (Å²) < 4.78 is 0. The van der Waals surface area contributed by atoms with Crippen molar-refractivity contribution < 1.29 is 4.79 Å². The summed E-state index contributed by atoms with van der Waals surface area (Å²) in [4.78, 5) is 20.0. The molecule has 0 aliphatic carbocycles. The van der Waals surface area contributed by atoms with Gasteiger partial charge < -0.3 is 4.90 Å². The summed E-state index contributed by atoms with van der Waals surface area (Å²) in [6.45, 7) is 2.01. The molecule has 1 aliphatic heterocycles. The average molecular weight is 314 g/mol. The highest BCUT2D eigenvalue weighted by molar-refractivity contribution is 6.30. The number of nitrogens with zero attached hydrogens (tertiary/aromatic N) is 3. The molecule has 1 saturated heterocycles. The number of carbonyl (C=O) groups is 1. The normalized spacial score (nSPS) is 15.0. The number of pyridine rings is 1. The summed E-state index contributed by atoms with van der Waals surface area (Å²) in [6, 6.07) is 11.4. The Hall–Kier alpha value is -2.33. The molecule has 2 heterocycles. The highest BCUT2D eigenvalue weighted by atomic mass is 35.5. The Kier molecular flexibility index (Phi) is 4.39. The van der Waals surface area contributed by atoms with Crippen molar-refractivity contribution in [2.45, 2.75) is 0 Å². The Balaban J connectivity index is 1.60. The molecular formula is C17H16ClN3O. The van der Waals surface area contributed by atoms with Crippen LogP contribution < -0.4 is 4.90 Å². The van der Waals surface area contributed by atoms with Gasteiger partial charge in [-0.15, -0.1) is 0 Å². The first-order valence-electron chi connectivity index (χ1n) is 7.12. The van der Waals surface area contributed by atoms with Gasteiger partial charge in [0.05, 0.1) is 11.9 Å². The lowest BCUT2D eigenvalue weighted by molar-refractivity contribution is 0.225. The molecule has 2 aromatic rings. The van der Waals surface area contributed by atoms with E-state index in [-0.39, 0.29) is 6.03 Å². The molecule has 0 saturated carbocycles. The summed E-state index contributed by atoms with van der Waals surface area (Å²) in [7, 11) is 0. The Morgan fingerprint density at radius 1 is 1.18 bits per heavy atom. The zero-order chi connectivity index (χ0) is 15.4. The molecule has 0 spiro atoms. The number of hydrogen-bond donors (Lipinski definition) is 0. The molecule has 0 atom stereocenters. The van der Waals surface area contributed by atoms with E-state index in [1.165, 1.54) is 0 Å². The first-order valence-corrected chi connectivity index (χ1v) is 7.50. The first kappa shape index (κ1) is 14.6. The van der Waals surface area contributed by atoms with Gasteiger partial charge in [0.1, 0.15) is 0 Å². The molecule has 2 amide bonds. The van der Waals surface area contributed by atoms with Gasteiger partial charge >= 0.3 is 6.03 Å². The number of amides is 2. The number of benzene rings is 1. The van der Waals surface area contributed by atoms with E-state index in [0.717, 1.165) is 22.8 Å². The van der Waals surface area contributed by atoms with Gasteiger partial charge in [-0.05, 0) is 29.8 Å². The van der Waals surface area contributed by atoms with Crippen molar-refractivity contribution in [3.63, 3.8) is 0 Å². The van der Waals surface area contributed by atoms with Crippen molar-refractivity contribution in [1.82, 2.24) is 9.88 Å². The second-order valence-corrected chi connectivity index (χ2v) is 5.48. The SMILES string of the molecule is O=C1N(C/C=C/c2ccc(Cl)cc2)CCN1c1cccnc1. The van der Waals surface area contributed by atoms with E-state index < -0.39 is 0 Å². The van der Waals surface area contributed by atoms with Crippen LogP contribution in [-0.4, -0.2) is 35.5 Å². The minimum absolute atomic E-state index is 0.0220. The third-order valence-corrected chi connectivity index (χ3v) is 3.81. The summed E-state index contributed by atoms with van der Waals surface area (Å²) >= 11 is 5.86. The molecule has 22 heavy (non-hydrogen) atoms. The lowest BCUT2D eigenvalue weighted by Gasteiger charge is -2.17. The fourth-order valence-corrected chi connectivity index (χ4v) is 2.52. The Labute approximate surface area is 134 Å². The predicted molar refractivity (Wildman–Crippen MR) is 89.0 cm³/mol. The van der Waals surface area contributed by atoms with Crippen LogP contribution in [0.25, 0.3) is 6.08 Å². The summed E-state index contributed by atoms with van der Waals surface area (Å²) in [5.74, 6) is 0. The maximum atomic E-state index is 12.4. The minimum Gasteiger partial charge on any atom is -0.319 e. The largest absolute Gasteiger partial charge is 0.324 e. The fourth-order valence-electron chi connectivity index (χ4n) is 2.39. The number of halogens is 1. The van der Waals surface area contributed by atoms with Crippen molar-refractivity contribution in [2.75, 3.05) is 24.5 Å². The molecule has 1 fully saturated rings. The zero-order valence-corrected chi connectivity index (χ0v) is 12.8. The van der Waals surface area contributed by atoms with E-state index in [9.17, 15) is 4.79 Å². The number of urea groups is 1. The third kappa shape index (κ3) is 3.28. The lowest BCUT2D eigenvalue weighted by atomic mass is 10.2. The van der Waals surface area contributed by atoms with Crippen LogP contribution in [0.3, 0.4) is 0 Å². The van der Waals surface area contributed by atoms with Gasteiger partial charge in [-0.3, -0.25) is 9.88 Å². The van der Waals surface area contributed by atoms with Crippen LogP contribution in [0.1, 0.15) is 5.56 Å². The van der Waals surface area contributed by atoms with Crippen molar-refractivity contribution in [2.24, 2.45) is 0 Å². The van der Waals surface area contributed by atoms with Crippen LogP contribution in [0.5, 0.6) is 0 Å². The molecule has 4 nitrogen and oxygen atoms in total. The number of carbonyl (C=O) groups excluding carboxylic acids is 1. The van der Waals surface area contributed by atoms with Crippen molar-refractivity contribution >= 4 is 29.4 Å². The standard InChI is InChI=1S/C17H16ClN3O/c18-15-7-5-14(6-8-15)3-2-10-20-11-12-21(17(20)22)16-4-1-9-19-13-16/h1-9,13H,10-12H2/b3-2+. The maximum Gasteiger partial charge on any atom is 0.324 e. The van der Waals surface area contributed by atoms with Crippen molar-refractivity contribution in [3.8, 4) is 0 Å². The Morgan fingerprint density at radius 2 is 2.00 bits per heavy atom. The van der Waals surface area contributed by atoms with Crippen LogP contribution in [-0.2, 0) is 0 Å². The van der Waals surface area contributed by atoms with E-state index in [0.29, 0.717) is 13.1 Å². The average Bonchev–Trinajstić information content (AvgIpc) is 2.91. The van der Waals surface area contributed by atoms with Crippen LogP contribution in [0.15, 0.2) is 54.9 Å². The molecule has 5 heteroatoms. The van der Waals surface area contributed by atoms with Gasteiger partial charge in [-0.25, -0.2) is 4.79 Å². The second kappa shape index (κ2) is 6.62. The van der Waals surface area contributed by atoms with E-state index in [4.69, 9.17) is 11.6 Å². The minimum atomic E-state index is 0.0220. The smallest absolute Gasteiger partial charge is 0.319 e. The summed E-state index contributed by atoms with van der Waals surface area (Å²) in [5, 5.41) is 0.721. The van der Waals surface area contributed by atoms with E-state index in [2.05, 4.69) is 4.98 Å². The van der Waals surface area contributed by atoms with Gasteiger partial charge in [0.25, 0.3) is 0 Å². The number of anilines is 1. The summed E-state index contributed by atoms with van der Waals surface area (Å²) in [5.41, 5.74) is 1.91. The molecule has 1 aromatic heterocycles. The van der Waals surface area contributed by atoms with Gasteiger partial charge in [0.15, 0.2) is 0 Å².